The molecule has 0 radical (unpaired) electrons. The summed E-state index contributed by atoms with van der Waals surface area (Å²) in [7, 11) is 0. The van der Waals surface area contributed by atoms with Crippen molar-refractivity contribution in [1.82, 2.24) is 5.32 Å². The van der Waals surface area contributed by atoms with Crippen LogP contribution >= 0.6 is 11.6 Å². The summed E-state index contributed by atoms with van der Waals surface area (Å²) in [5, 5.41) is 3.63. The molecule has 1 N–H and O–H groups in total. The molecule has 3 nitrogen and oxygen atoms in total. The van der Waals surface area contributed by atoms with Gasteiger partial charge in [-0.3, -0.25) is 4.74 Å². The second-order valence-corrected chi connectivity index (χ2v) is 5.88. The quantitative estimate of drug-likeness (QED) is 0.797. The molecule has 0 atom stereocenters. The van der Waals surface area contributed by atoms with Crippen LogP contribution in [0.1, 0.15) is 26.3 Å². The minimum atomic E-state index is -4.65. The number of alkyl halides is 3. The van der Waals surface area contributed by atoms with Crippen LogP contribution in [0.3, 0.4) is 0 Å². The first-order chi connectivity index (χ1) is 9.58. The molecule has 21 heavy (non-hydrogen) atoms. The summed E-state index contributed by atoms with van der Waals surface area (Å²) in [6.45, 7) is 5.71. The van der Waals surface area contributed by atoms with E-state index < -0.39 is 13.0 Å². The highest BCUT2D eigenvalue weighted by atomic mass is 35.5. The van der Waals surface area contributed by atoms with Gasteiger partial charge in [-0.25, -0.2) is 0 Å². The monoisotopic (exact) mass is 325 g/mol. The number of rotatable bonds is 6. The minimum absolute atomic E-state index is 0.0982. The van der Waals surface area contributed by atoms with Crippen molar-refractivity contribution in [2.75, 3.05) is 13.2 Å². The second-order valence-electron chi connectivity index (χ2n) is 5.47. The molecule has 1 rings (SSSR count). The predicted molar refractivity (Wildman–Crippen MR) is 75.5 cm³/mol. The summed E-state index contributed by atoms with van der Waals surface area (Å²) in [6, 6.07) is 5.20. The molecule has 0 aromatic heterocycles. The third-order valence-electron chi connectivity index (χ3n) is 2.45. The highest BCUT2D eigenvalue weighted by Gasteiger charge is 2.28. The van der Waals surface area contributed by atoms with Crippen LogP contribution in [0, 0.1) is 0 Å². The first-order valence-corrected chi connectivity index (χ1v) is 6.82. The largest absolute Gasteiger partial charge is 0.522 e. The van der Waals surface area contributed by atoms with E-state index in [1.807, 2.05) is 26.8 Å². The third-order valence-corrected chi connectivity index (χ3v) is 2.75. The minimum Gasteiger partial charge on any atom is -0.489 e. The lowest BCUT2D eigenvalue weighted by Crippen LogP contribution is -2.35. The highest BCUT2D eigenvalue weighted by Crippen LogP contribution is 2.29. The fraction of sp³-hybridized carbons (Fsp3) is 0.571. The SMILES string of the molecule is CC(C)(C)NCc1cccc(Cl)c1OCCOC(F)(F)F. The summed E-state index contributed by atoms with van der Waals surface area (Å²) in [5.41, 5.74) is 0.684. The molecule has 0 bridgehead atoms. The van der Waals surface area contributed by atoms with Crippen molar-refractivity contribution in [3.8, 4) is 5.75 Å². The maximum Gasteiger partial charge on any atom is 0.522 e. The topological polar surface area (TPSA) is 30.5 Å². The summed E-state index contributed by atoms with van der Waals surface area (Å²) >= 11 is 6.03. The number of benzene rings is 1. The molecule has 0 saturated heterocycles. The molecule has 1 aromatic carbocycles. The predicted octanol–water partition coefficient (Wildman–Crippen LogP) is 4.14. The lowest BCUT2D eigenvalue weighted by Gasteiger charge is -2.22. The Morgan fingerprint density at radius 3 is 2.38 bits per heavy atom. The third kappa shape index (κ3) is 7.55. The van der Waals surface area contributed by atoms with Crippen molar-refractivity contribution in [3.05, 3.63) is 28.8 Å². The first-order valence-electron chi connectivity index (χ1n) is 6.44. The van der Waals surface area contributed by atoms with Crippen LogP contribution in [0.25, 0.3) is 0 Å². The average molecular weight is 326 g/mol. The van der Waals surface area contributed by atoms with Gasteiger partial charge < -0.3 is 10.1 Å². The zero-order valence-electron chi connectivity index (χ0n) is 12.2. The van der Waals surface area contributed by atoms with Crippen LogP contribution in [0.15, 0.2) is 18.2 Å². The Balaban J connectivity index is 2.63. The Labute approximate surface area is 127 Å². The van der Waals surface area contributed by atoms with Crippen LogP contribution in [0.5, 0.6) is 5.75 Å². The van der Waals surface area contributed by atoms with Gasteiger partial charge in [-0.2, -0.15) is 0 Å². The normalized spacial score (nSPS) is 12.5. The fourth-order valence-corrected chi connectivity index (χ4v) is 1.76. The van der Waals surface area contributed by atoms with Crippen molar-refractivity contribution in [3.63, 3.8) is 0 Å². The summed E-state index contributed by atoms with van der Waals surface area (Å²) in [4.78, 5) is 0. The number of halogens is 4. The summed E-state index contributed by atoms with van der Waals surface area (Å²) in [5.74, 6) is 0.377. The molecule has 0 fully saturated rings. The van der Waals surface area contributed by atoms with Crippen LogP contribution in [0.4, 0.5) is 13.2 Å². The van der Waals surface area contributed by atoms with Gasteiger partial charge in [-0.15, -0.1) is 13.2 Å². The second kappa shape index (κ2) is 7.33. The lowest BCUT2D eigenvalue weighted by atomic mass is 10.1. The molecule has 0 aliphatic heterocycles. The zero-order chi connectivity index (χ0) is 16.1. The van der Waals surface area contributed by atoms with Crippen LogP contribution in [-0.4, -0.2) is 25.1 Å². The lowest BCUT2D eigenvalue weighted by molar-refractivity contribution is -0.325. The number of hydrogen-bond donors (Lipinski definition) is 1. The van der Waals surface area contributed by atoms with Gasteiger partial charge in [0.25, 0.3) is 0 Å². The van der Waals surface area contributed by atoms with Gasteiger partial charge in [0, 0.05) is 17.6 Å². The van der Waals surface area contributed by atoms with Crippen molar-refractivity contribution in [2.45, 2.75) is 39.2 Å². The molecular formula is C14H19ClF3NO2. The molecular weight excluding hydrogens is 307 g/mol. The molecule has 0 unspecified atom stereocenters. The van der Waals surface area contributed by atoms with E-state index in [4.69, 9.17) is 16.3 Å². The molecule has 0 saturated carbocycles. The highest BCUT2D eigenvalue weighted by molar-refractivity contribution is 6.32. The molecule has 7 heteroatoms. The van der Waals surface area contributed by atoms with Crippen LogP contribution in [0.2, 0.25) is 5.02 Å². The number of para-hydroxylation sites is 1. The van der Waals surface area contributed by atoms with E-state index >= 15 is 0 Å². The van der Waals surface area contributed by atoms with Crippen LogP contribution in [-0.2, 0) is 11.3 Å². The van der Waals surface area contributed by atoms with Crippen molar-refractivity contribution >= 4 is 11.6 Å². The Morgan fingerprint density at radius 1 is 1.14 bits per heavy atom. The van der Waals surface area contributed by atoms with E-state index in [9.17, 15) is 13.2 Å². The zero-order valence-corrected chi connectivity index (χ0v) is 12.9. The van der Waals surface area contributed by atoms with E-state index in [-0.39, 0.29) is 12.1 Å². The summed E-state index contributed by atoms with van der Waals surface area (Å²) < 4.78 is 44.6. The van der Waals surface area contributed by atoms with Crippen molar-refractivity contribution in [1.29, 1.82) is 0 Å². The summed E-state index contributed by atoms with van der Waals surface area (Å²) in [6.07, 6.45) is -4.65. The number of hydrogen-bond acceptors (Lipinski definition) is 3. The molecule has 0 amide bonds. The van der Waals surface area contributed by atoms with Gasteiger partial charge in [0.15, 0.2) is 0 Å². The average Bonchev–Trinajstić information content (AvgIpc) is 2.31. The van der Waals surface area contributed by atoms with E-state index in [2.05, 4.69) is 10.1 Å². The fourth-order valence-electron chi connectivity index (χ4n) is 1.52. The van der Waals surface area contributed by atoms with E-state index in [1.165, 1.54) is 0 Å². The van der Waals surface area contributed by atoms with Crippen molar-refractivity contribution in [2.24, 2.45) is 0 Å². The molecule has 120 valence electrons. The van der Waals surface area contributed by atoms with Crippen molar-refractivity contribution < 1.29 is 22.6 Å². The number of ether oxygens (including phenoxy) is 2. The van der Waals surface area contributed by atoms with E-state index in [0.29, 0.717) is 17.3 Å². The number of nitrogens with one attached hydrogen (secondary N) is 1. The molecule has 0 aliphatic carbocycles. The molecule has 0 heterocycles. The maximum atomic E-state index is 11.9. The maximum absolute atomic E-state index is 11.9. The smallest absolute Gasteiger partial charge is 0.489 e. The van der Waals surface area contributed by atoms with E-state index in [0.717, 1.165) is 5.56 Å². The van der Waals surface area contributed by atoms with Gasteiger partial charge in [0.1, 0.15) is 12.4 Å². The molecule has 0 spiro atoms. The van der Waals surface area contributed by atoms with Gasteiger partial charge in [0.2, 0.25) is 0 Å². The van der Waals surface area contributed by atoms with Gasteiger partial charge >= 0.3 is 6.36 Å². The molecule has 1 aromatic rings. The Hall–Kier alpha value is -0.980. The molecule has 0 aliphatic rings. The van der Waals surface area contributed by atoms with Gasteiger partial charge in [0.05, 0.1) is 11.6 Å². The standard InChI is InChI=1S/C14H19ClF3NO2/c1-13(2,3)19-9-10-5-4-6-11(15)12(10)20-7-8-21-14(16,17)18/h4-6,19H,7-9H2,1-3H3. The Morgan fingerprint density at radius 2 is 1.81 bits per heavy atom. The van der Waals surface area contributed by atoms with E-state index in [1.54, 1.807) is 12.1 Å². The van der Waals surface area contributed by atoms with Gasteiger partial charge in [-0.1, -0.05) is 23.7 Å². The first kappa shape index (κ1) is 18.1. The Kier molecular flexibility index (Phi) is 6.31. The van der Waals surface area contributed by atoms with Crippen LogP contribution < -0.4 is 10.1 Å². The van der Waals surface area contributed by atoms with Gasteiger partial charge in [-0.05, 0) is 26.8 Å². The Bertz CT molecular complexity index is 459.